The van der Waals surface area contributed by atoms with Crippen molar-refractivity contribution in [3.8, 4) is 0 Å². The minimum atomic E-state index is -3.46. The number of benzene rings is 1. The summed E-state index contributed by atoms with van der Waals surface area (Å²) in [6.07, 6.45) is 2.87. The number of hydrogen-bond acceptors (Lipinski definition) is 4. The molecule has 132 valence electrons. The van der Waals surface area contributed by atoms with Crippen LogP contribution in [-0.2, 0) is 10.0 Å². The highest BCUT2D eigenvalue weighted by Gasteiger charge is 2.25. The van der Waals surface area contributed by atoms with Gasteiger partial charge in [-0.3, -0.25) is 4.79 Å². The molecule has 3 rings (SSSR count). The second kappa shape index (κ2) is 7.33. The summed E-state index contributed by atoms with van der Waals surface area (Å²) in [5.41, 5.74) is 1.62. The lowest BCUT2D eigenvalue weighted by atomic mass is 10.2. The van der Waals surface area contributed by atoms with Gasteiger partial charge in [0.15, 0.2) is 0 Å². The number of nitrogens with zero attached hydrogens (tertiary/aromatic N) is 2. The lowest BCUT2D eigenvalue weighted by molar-refractivity contribution is 0.102. The molecule has 1 aliphatic heterocycles. The van der Waals surface area contributed by atoms with Gasteiger partial charge >= 0.3 is 0 Å². The number of anilines is 1. The first-order chi connectivity index (χ1) is 12.0. The fourth-order valence-electron chi connectivity index (χ4n) is 2.83. The second-order valence-electron chi connectivity index (χ2n) is 6.11. The summed E-state index contributed by atoms with van der Waals surface area (Å²) in [5.74, 6) is -0.324. The molecule has 1 aliphatic rings. The quantitative estimate of drug-likeness (QED) is 0.910. The van der Waals surface area contributed by atoms with E-state index in [0.717, 1.165) is 25.0 Å². The van der Waals surface area contributed by atoms with E-state index in [4.69, 9.17) is 0 Å². The standard InChI is InChI=1S/C18H21N3O3S/c1-14-6-5-7-17(19-14)18(22)20-15-8-10-16(11-9-15)25(23,24)21-12-3-2-4-13-21/h5-11H,2-4,12-13H2,1H3,(H,20,22). The van der Waals surface area contributed by atoms with Gasteiger partial charge in [-0.2, -0.15) is 4.31 Å². The number of carbonyl (C=O) groups excluding carboxylic acids is 1. The molecular weight excluding hydrogens is 338 g/mol. The van der Waals surface area contributed by atoms with Gasteiger partial charge in [0.05, 0.1) is 4.90 Å². The van der Waals surface area contributed by atoms with Crippen LogP contribution in [0.15, 0.2) is 47.4 Å². The largest absolute Gasteiger partial charge is 0.321 e. The third-order valence-corrected chi connectivity index (χ3v) is 6.10. The van der Waals surface area contributed by atoms with E-state index < -0.39 is 10.0 Å². The number of aromatic nitrogens is 1. The van der Waals surface area contributed by atoms with Gasteiger partial charge in [0.1, 0.15) is 5.69 Å². The Hall–Kier alpha value is -2.25. The van der Waals surface area contributed by atoms with Gasteiger partial charge in [-0.15, -0.1) is 0 Å². The summed E-state index contributed by atoms with van der Waals surface area (Å²) in [5, 5.41) is 2.73. The first kappa shape index (κ1) is 17.6. The third kappa shape index (κ3) is 4.05. The number of aryl methyl sites for hydroxylation is 1. The van der Waals surface area contributed by atoms with Crippen LogP contribution in [0.25, 0.3) is 0 Å². The van der Waals surface area contributed by atoms with Crippen LogP contribution < -0.4 is 5.32 Å². The van der Waals surface area contributed by atoms with E-state index in [1.165, 1.54) is 16.4 Å². The summed E-state index contributed by atoms with van der Waals surface area (Å²) >= 11 is 0. The number of piperidine rings is 1. The summed E-state index contributed by atoms with van der Waals surface area (Å²) in [6, 6.07) is 11.5. The van der Waals surface area contributed by atoms with Crippen molar-refractivity contribution in [3.63, 3.8) is 0 Å². The average molecular weight is 359 g/mol. The van der Waals surface area contributed by atoms with Crippen molar-refractivity contribution >= 4 is 21.6 Å². The maximum atomic E-state index is 12.6. The Morgan fingerprint density at radius 1 is 1.04 bits per heavy atom. The number of carbonyl (C=O) groups is 1. The average Bonchev–Trinajstić information content (AvgIpc) is 2.63. The minimum absolute atomic E-state index is 0.251. The molecule has 1 aromatic carbocycles. The van der Waals surface area contributed by atoms with Crippen LogP contribution in [0.1, 0.15) is 35.4 Å². The molecule has 1 amide bonds. The Morgan fingerprint density at radius 3 is 2.36 bits per heavy atom. The van der Waals surface area contributed by atoms with Crippen molar-refractivity contribution in [1.82, 2.24) is 9.29 Å². The van der Waals surface area contributed by atoms with Crippen LogP contribution in [0.4, 0.5) is 5.69 Å². The minimum Gasteiger partial charge on any atom is -0.321 e. The van der Waals surface area contributed by atoms with Crippen molar-refractivity contribution < 1.29 is 13.2 Å². The molecule has 6 nitrogen and oxygen atoms in total. The lowest BCUT2D eigenvalue weighted by Gasteiger charge is -2.25. The number of rotatable bonds is 4. The van der Waals surface area contributed by atoms with Gasteiger partial charge in [0.25, 0.3) is 5.91 Å². The van der Waals surface area contributed by atoms with Gasteiger partial charge in [0.2, 0.25) is 10.0 Å². The number of pyridine rings is 1. The second-order valence-corrected chi connectivity index (χ2v) is 8.05. The Balaban J connectivity index is 1.73. The van der Waals surface area contributed by atoms with E-state index in [1.54, 1.807) is 24.3 Å². The van der Waals surface area contributed by atoms with Gasteiger partial charge < -0.3 is 5.32 Å². The Labute approximate surface area is 147 Å². The summed E-state index contributed by atoms with van der Waals surface area (Å²) in [7, 11) is -3.46. The third-order valence-electron chi connectivity index (χ3n) is 4.19. The van der Waals surface area contributed by atoms with E-state index in [2.05, 4.69) is 10.3 Å². The number of amides is 1. The molecule has 0 bridgehead atoms. The molecule has 0 aliphatic carbocycles. The van der Waals surface area contributed by atoms with Crippen LogP contribution in [0.2, 0.25) is 0 Å². The fraction of sp³-hybridized carbons (Fsp3) is 0.333. The summed E-state index contributed by atoms with van der Waals surface area (Å²) < 4.78 is 26.7. The first-order valence-electron chi connectivity index (χ1n) is 8.32. The van der Waals surface area contributed by atoms with Gasteiger partial charge in [-0.1, -0.05) is 12.5 Å². The molecule has 2 heterocycles. The SMILES string of the molecule is Cc1cccc(C(=O)Nc2ccc(S(=O)(=O)N3CCCCC3)cc2)n1. The summed E-state index contributed by atoms with van der Waals surface area (Å²) in [4.78, 5) is 16.6. The maximum absolute atomic E-state index is 12.6. The van der Waals surface area contributed by atoms with Crippen LogP contribution >= 0.6 is 0 Å². The molecular formula is C18H21N3O3S. The molecule has 0 saturated carbocycles. The van der Waals surface area contributed by atoms with Crippen LogP contribution in [0.3, 0.4) is 0 Å². The normalized spacial score (nSPS) is 15.7. The highest BCUT2D eigenvalue weighted by atomic mass is 32.2. The molecule has 0 unspecified atom stereocenters. The van der Waals surface area contributed by atoms with E-state index in [1.807, 2.05) is 13.0 Å². The zero-order valence-electron chi connectivity index (χ0n) is 14.1. The molecule has 1 fully saturated rings. The van der Waals surface area contributed by atoms with E-state index >= 15 is 0 Å². The van der Waals surface area contributed by atoms with Gasteiger partial charge in [0, 0.05) is 24.5 Å². The molecule has 1 saturated heterocycles. The summed E-state index contributed by atoms with van der Waals surface area (Å²) in [6.45, 7) is 2.96. The van der Waals surface area contributed by atoms with E-state index in [0.29, 0.717) is 24.5 Å². The maximum Gasteiger partial charge on any atom is 0.274 e. The van der Waals surface area contributed by atoms with Crippen molar-refractivity contribution in [1.29, 1.82) is 0 Å². The molecule has 1 N–H and O–H groups in total. The molecule has 0 spiro atoms. The Morgan fingerprint density at radius 2 is 1.72 bits per heavy atom. The van der Waals surface area contributed by atoms with Gasteiger partial charge in [-0.25, -0.2) is 13.4 Å². The fourth-order valence-corrected chi connectivity index (χ4v) is 4.35. The van der Waals surface area contributed by atoms with E-state index in [9.17, 15) is 13.2 Å². The van der Waals surface area contributed by atoms with Gasteiger partial charge in [-0.05, 0) is 56.2 Å². The number of sulfonamides is 1. The molecule has 7 heteroatoms. The molecule has 25 heavy (non-hydrogen) atoms. The van der Waals surface area contributed by atoms with Crippen LogP contribution in [-0.4, -0.2) is 36.7 Å². The predicted octanol–water partition coefficient (Wildman–Crippen LogP) is 2.82. The molecule has 0 atom stereocenters. The monoisotopic (exact) mass is 359 g/mol. The van der Waals surface area contributed by atoms with Crippen LogP contribution in [0.5, 0.6) is 0 Å². The van der Waals surface area contributed by atoms with Crippen molar-refractivity contribution in [2.24, 2.45) is 0 Å². The highest BCUT2D eigenvalue weighted by Crippen LogP contribution is 2.22. The highest BCUT2D eigenvalue weighted by molar-refractivity contribution is 7.89. The number of nitrogens with one attached hydrogen (secondary N) is 1. The smallest absolute Gasteiger partial charge is 0.274 e. The van der Waals surface area contributed by atoms with Crippen LogP contribution in [0, 0.1) is 6.92 Å². The molecule has 1 aromatic heterocycles. The molecule has 0 radical (unpaired) electrons. The van der Waals surface area contributed by atoms with Crippen molar-refractivity contribution in [2.75, 3.05) is 18.4 Å². The zero-order chi connectivity index (χ0) is 17.9. The predicted molar refractivity (Wildman–Crippen MR) is 96.0 cm³/mol. The Kier molecular flexibility index (Phi) is 5.15. The zero-order valence-corrected chi connectivity index (χ0v) is 14.9. The molecule has 2 aromatic rings. The van der Waals surface area contributed by atoms with E-state index in [-0.39, 0.29) is 10.8 Å². The lowest BCUT2D eigenvalue weighted by Crippen LogP contribution is -2.35. The topological polar surface area (TPSA) is 79.4 Å². The number of hydrogen-bond donors (Lipinski definition) is 1. The van der Waals surface area contributed by atoms with Crippen molar-refractivity contribution in [2.45, 2.75) is 31.1 Å². The Bertz CT molecular complexity index is 857. The first-order valence-corrected chi connectivity index (χ1v) is 9.76. The van der Waals surface area contributed by atoms with Crippen molar-refractivity contribution in [3.05, 3.63) is 53.9 Å².